The molecule has 0 N–H and O–H groups in total. The van der Waals surface area contributed by atoms with E-state index in [0.29, 0.717) is 5.56 Å². The van der Waals surface area contributed by atoms with E-state index < -0.39 is 6.61 Å². The number of aryl methyl sites for hydroxylation is 2. The third-order valence-electron chi connectivity index (χ3n) is 2.01. The van der Waals surface area contributed by atoms with E-state index in [-0.39, 0.29) is 17.1 Å². The van der Waals surface area contributed by atoms with Crippen LogP contribution in [0.25, 0.3) is 0 Å². The summed E-state index contributed by atoms with van der Waals surface area (Å²) in [5, 5.41) is 0. The van der Waals surface area contributed by atoms with Gasteiger partial charge in [0, 0.05) is 0 Å². The highest BCUT2D eigenvalue weighted by Gasteiger charge is 2.15. The molecule has 0 fully saturated rings. The summed E-state index contributed by atoms with van der Waals surface area (Å²) in [5.74, 6) is -0.305. The van der Waals surface area contributed by atoms with Crippen LogP contribution in [0.2, 0.25) is 0 Å². The molecule has 0 heterocycles. The number of hydrogen-bond donors (Lipinski definition) is 0. The van der Waals surface area contributed by atoms with Crippen molar-refractivity contribution in [2.45, 2.75) is 27.4 Å². The summed E-state index contributed by atoms with van der Waals surface area (Å²) in [6.45, 7) is 1.85. The summed E-state index contributed by atoms with van der Waals surface area (Å²) in [4.78, 5) is 11.2. The second-order valence-electron chi connectivity index (χ2n) is 3.39. The number of hydrogen-bond acceptors (Lipinski definition) is 2. The molecule has 1 aromatic carbocycles. The Kier molecular flexibility index (Phi) is 3.39. The van der Waals surface area contributed by atoms with Crippen molar-refractivity contribution in [3.63, 3.8) is 0 Å². The zero-order valence-corrected chi connectivity index (χ0v) is 8.80. The second-order valence-corrected chi connectivity index (χ2v) is 3.39. The van der Waals surface area contributed by atoms with Crippen molar-refractivity contribution >= 4 is 5.78 Å². The van der Waals surface area contributed by atoms with Gasteiger partial charge in [0.05, 0.1) is 5.56 Å². The quantitative estimate of drug-likeness (QED) is 0.722. The molecule has 15 heavy (non-hydrogen) atoms. The Morgan fingerprint density at radius 2 is 1.93 bits per heavy atom. The Labute approximate surface area is 86.9 Å². The topological polar surface area (TPSA) is 26.3 Å². The maximum absolute atomic E-state index is 12.1. The zero-order chi connectivity index (χ0) is 11.6. The summed E-state index contributed by atoms with van der Waals surface area (Å²) < 4.78 is 28.6. The van der Waals surface area contributed by atoms with Gasteiger partial charge in [-0.1, -0.05) is 6.07 Å². The first-order valence-corrected chi connectivity index (χ1v) is 4.49. The SMILES string of the molecule is CC(=O)c1cc(C)cc(C)c1OC(F)F. The Morgan fingerprint density at radius 3 is 2.40 bits per heavy atom. The summed E-state index contributed by atoms with van der Waals surface area (Å²) in [7, 11) is 0. The molecule has 4 heteroatoms. The highest BCUT2D eigenvalue weighted by atomic mass is 19.3. The van der Waals surface area contributed by atoms with E-state index in [1.807, 2.05) is 0 Å². The number of carbonyl (C=O) groups is 1. The lowest BCUT2D eigenvalue weighted by Crippen LogP contribution is -2.08. The van der Waals surface area contributed by atoms with Crippen molar-refractivity contribution in [1.82, 2.24) is 0 Å². The number of Topliss-reactive ketones (excluding diaryl/α,β-unsaturated/α-hetero) is 1. The summed E-state index contributed by atoms with van der Waals surface area (Å²) in [6.07, 6.45) is 0. The van der Waals surface area contributed by atoms with Crippen molar-refractivity contribution < 1.29 is 18.3 Å². The standard InChI is InChI=1S/C11H12F2O2/c1-6-4-7(2)10(15-11(12)13)9(5-6)8(3)14/h4-5,11H,1-3H3. The summed E-state index contributed by atoms with van der Waals surface area (Å²) in [6, 6.07) is 3.25. The van der Waals surface area contributed by atoms with Gasteiger partial charge >= 0.3 is 6.61 Å². The first-order chi connectivity index (χ1) is 6.91. The van der Waals surface area contributed by atoms with E-state index in [0.717, 1.165) is 5.56 Å². The van der Waals surface area contributed by atoms with Gasteiger partial charge in [-0.15, -0.1) is 0 Å². The molecule has 1 aromatic rings. The number of rotatable bonds is 3. The highest BCUT2D eigenvalue weighted by molar-refractivity contribution is 5.97. The van der Waals surface area contributed by atoms with Crippen LogP contribution in [0.3, 0.4) is 0 Å². The first kappa shape index (κ1) is 11.6. The smallest absolute Gasteiger partial charge is 0.387 e. The van der Waals surface area contributed by atoms with E-state index in [1.165, 1.54) is 6.92 Å². The average Bonchev–Trinajstić information content (AvgIpc) is 2.08. The summed E-state index contributed by atoms with van der Waals surface area (Å²) >= 11 is 0. The zero-order valence-electron chi connectivity index (χ0n) is 8.80. The van der Waals surface area contributed by atoms with Crippen LogP contribution in [0, 0.1) is 13.8 Å². The molecular weight excluding hydrogens is 202 g/mol. The fraction of sp³-hybridized carbons (Fsp3) is 0.364. The normalized spacial score (nSPS) is 10.5. The molecule has 0 bridgehead atoms. The van der Waals surface area contributed by atoms with Crippen molar-refractivity contribution in [1.29, 1.82) is 0 Å². The van der Waals surface area contributed by atoms with Gasteiger partial charge in [0.2, 0.25) is 0 Å². The lowest BCUT2D eigenvalue weighted by atomic mass is 10.0. The van der Waals surface area contributed by atoms with Crippen LogP contribution < -0.4 is 4.74 Å². The second kappa shape index (κ2) is 4.38. The monoisotopic (exact) mass is 214 g/mol. The lowest BCUT2D eigenvalue weighted by molar-refractivity contribution is -0.0505. The Hall–Kier alpha value is -1.45. The Bertz CT molecular complexity index is 386. The third kappa shape index (κ3) is 2.75. The molecule has 0 spiro atoms. The predicted octanol–water partition coefficient (Wildman–Crippen LogP) is 3.11. The maximum atomic E-state index is 12.1. The van der Waals surface area contributed by atoms with Crippen LogP contribution in [0.1, 0.15) is 28.4 Å². The van der Waals surface area contributed by atoms with E-state index in [1.54, 1.807) is 26.0 Å². The molecule has 0 aliphatic heterocycles. The van der Waals surface area contributed by atoms with Crippen LogP contribution in [-0.4, -0.2) is 12.4 Å². The molecule has 2 nitrogen and oxygen atoms in total. The highest BCUT2D eigenvalue weighted by Crippen LogP contribution is 2.27. The van der Waals surface area contributed by atoms with Gasteiger partial charge in [0.1, 0.15) is 5.75 Å². The van der Waals surface area contributed by atoms with E-state index >= 15 is 0 Å². The number of ether oxygens (including phenoxy) is 1. The third-order valence-corrected chi connectivity index (χ3v) is 2.01. The number of ketones is 1. The number of benzene rings is 1. The molecule has 0 aromatic heterocycles. The van der Waals surface area contributed by atoms with Crippen LogP contribution in [0.4, 0.5) is 8.78 Å². The maximum Gasteiger partial charge on any atom is 0.387 e. The van der Waals surface area contributed by atoms with E-state index in [2.05, 4.69) is 4.74 Å². The molecule has 0 atom stereocenters. The van der Waals surface area contributed by atoms with Crippen LogP contribution in [0.5, 0.6) is 5.75 Å². The molecule has 0 saturated carbocycles. The minimum atomic E-state index is -2.91. The van der Waals surface area contributed by atoms with Gasteiger partial charge in [-0.05, 0) is 38.0 Å². The lowest BCUT2D eigenvalue weighted by Gasteiger charge is -2.12. The Balaban J connectivity index is 3.27. The van der Waals surface area contributed by atoms with Crippen LogP contribution in [-0.2, 0) is 0 Å². The first-order valence-electron chi connectivity index (χ1n) is 4.49. The van der Waals surface area contributed by atoms with Gasteiger partial charge in [-0.2, -0.15) is 8.78 Å². The Morgan fingerprint density at radius 1 is 1.33 bits per heavy atom. The minimum absolute atomic E-state index is 0.0249. The predicted molar refractivity (Wildman–Crippen MR) is 52.6 cm³/mol. The van der Waals surface area contributed by atoms with E-state index in [9.17, 15) is 13.6 Å². The molecule has 82 valence electrons. The molecule has 0 aliphatic carbocycles. The van der Waals surface area contributed by atoms with Gasteiger partial charge < -0.3 is 4.74 Å². The summed E-state index contributed by atoms with van der Waals surface area (Å²) in [5.41, 5.74) is 1.59. The number of carbonyl (C=O) groups excluding carboxylic acids is 1. The average molecular weight is 214 g/mol. The van der Waals surface area contributed by atoms with E-state index in [4.69, 9.17) is 0 Å². The molecule has 1 rings (SSSR count). The largest absolute Gasteiger partial charge is 0.434 e. The fourth-order valence-electron chi connectivity index (χ4n) is 1.46. The van der Waals surface area contributed by atoms with Crippen molar-refractivity contribution in [2.75, 3.05) is 0 Å². The molecule has 0 amide bonds. The number of halogens is 2. The molecular formula is C11H12F2O2. The number of alkyl halides is 2. The molecule has 0 unspecified atom stereocenters. The van der Waals surface area contributed by atoms with Gasteiger partial charge in [-0.3, -0.25) is 4.79 Å². The van der Waals surface area contributed by atoms with Crippen molar-refractivity contribution in [3.05, 3.63) is 28.8 Å². The molecule has 0 radical (unpaired) electrons. The van der Waals surface area contributed by atoms with Crippen molar-refractivity contribution in [3.8, 4) is 5.75 Å². The molecule has 0 aliphatic rings. The van der Waals surface area contributed by atoms with Crippen LogP contribution >= 0.6 is 0 Å². The van der Waals surface area contributed by atoms with Gasteiger partial charge in [0.15, 0.2) is 5.78 Å². The van der Waals surface area contributed by atoms with Crippen molar-refractivity contribution in [2.24, 2.45) is 0 Å². The van der Waals surface area contributed by atoms with Crippen LogP contribution in [0.15, 0.2) is 12.1 Å². The fourth-order valence-corrected chi connectivity index (χ4v) is 1.46. The minimum Gasteiger partial charge on any atom is -0.434 e. The van der Waals surface area contributed by atoms with Gasteiger partial charge in [-0.25, -0.2) is 0 Å². The molecule has 0 saturated heterocycles. The van der Waals surface area contributed by atoms with Gasteiger partial charge in [0.25, 0.3) is 0 Å².